The Bertz CT molecular complexity index is 679. The lowest BCUT2D eigenvalue weighted by molar-refractivity contribution is 0.00625. The van der Waals surface area contributed by atoms with Crippen LogP contribution in [0.1, 0.15) is 43.7 Å². The predicted molar refractivity (Wildman–Crippen MR) is 91.8 cm³/mol. The molecule has 0 saturated carbocycles. The van der Waals surface area contributed by atoms with Gasteiger partial charge in [0.2, 0.25) is 0 Å². The average Bonchev–Trinajstić information content (AvgIpc) is 2.70. The highest BCUT2D eigenvalue weighted by atomic mass is 127. The molecule has 0 aliphatic carbocycles. The Balaban J connectivity index is 2.50. The van der Waals surface area contributed by atoms with Gasteiger partial charge in [-0.3, -0.25) is 0 Å². The molecule has 0 aromatic carbocycles. The zero-order chi connectivity index (χ0) is 16.7. The molecular weight excluding hydrogens is 399 g/mol. The molecule has 2 rings (SSSR count). The number of ether oxygens (including phenoxy) is 1. The van der Waals surface area contributed by atoms with Crippen molar-refractivity contribution >= 4 is 43.9 Å². The molecule has 1 aromatic rings. The van der Waals surface area contributed by atoms with E-state index >= 15 is 0 Å². The molecule has 1 aromatic heterocycles. The Kier molecular flexibility index (Phi) is 4.31. The number of fused-ring (bicyclic) bond motifs is 1. The van der Waals surface area contributed by atoms with Crippen LogP contribution in [0.25, 0.3) is 3.58 Å². The molecule has 6 nitrogen and oxygen atoms in total. The van der Waals surface area contributed by atoms with E-state index in [-0.39, 0.29) is 10.2 Å². The maximum atomic E-state index is 12.2. The number of nitrogens with zero attached hydrogens (tertiary/aromatic N) is 2. The van der Waals surface area contributed by atoms with Crippen LogP contribution < -0.4 is 4.48 Å². The monoisotopic (exact) mass is 417 g/mol. The highest BCUT2D eigenvalue weighted by Crippen LogP contribution is 2.43. The van der Waals surface area contributed by atoms with Crippen LogP contribution in [0.15, 0.2) is 18.5 Å². The molecule has 7 heteroatoms. The van der Waals surface area contributed by atoms with Gasteiger partial charge in [-0.1, -0.05) is 0 Å². The second kappa shape index (κ2) is 5.62. The Hall–Kier alpha value is -1.48. The zero-order valence-corrected chi connectivity index (χ0v) is 15.0. The number of pyridine rings is 1. The van der Waals surface area contributed by atoms with E-state index < -0.39 is 17.7 Å². The standard InChI is InChI=1S/C15H17IN2O4/c1-5-18(14(20)21)8-10(16)9-7-17-11(6-12(9)18)13(19)22-15(2,3)4/h6-8H,5H2,1-4H3/p+1. The summed E-state index contributed by atoms with van der Waals surface area (Å²) >= 11 is 2.08. The molecule has 2 heterocycles. The fourth-order valence-corrected chi connectivity index (χ4v) is 3.18. The molecule has 0 bridgehead atoms. The molecule has 1 amide bonds. The molecule has 1 unspecified atom stereocenters. The summed E-state index contributed by atoms with van der Waals surface area (Å²) in [5, 5.41) is 9.63. The maximum absolute atomic E-state index is 12.2. The van der Waals surface area contributed by atoms with Gasteiger partial charge in [0.15, 0.2) is 11.4 Å². The number of halogens is 1. The predicted octanol–water partition coefficient (Wildman–Crippen LogP) is 3.79. The van der Waals surface area contributed by atoms with Gasteiger partial charge in [-0.2, -0.15) is 9.28 Å². The molecule has 22 heavy (non-hydrogen) atoms. The van der Waals surface area contributed by atoms with Crippen LogP contribution in [0.4, 0.5) is 10.5 Å². The lowest BCUT2D eigenvalue weighted by Crippen LogP contribution is -2.47. The van der Waals surface area contributed by atoms with E-state index in [0.717, 1.165) is 9.14 Å². The number of aromatic nitrogens is 1. The highest BCUT2D eigenvalue weighted by molar-refractivity contribution is 14.1. The van der Waals surface area contributed by atoms with Crippen molar-refractivity contribution in [3.63, 3.8) is 0 Å². The van der Waals surface area contributed by atoms with Crippen LogP contribution in [-0.2, 0) is 4.74 Å². The zero-order valence-electron chi connectivity index (χ0n) is 12.9. The third-order valence-corrected chi connectivity index (χ3v) is 4.21. The average molecular weight is 417 g/mol. The summed E-state index contributed by atoms with van der Waals surface area (Å²) in [5.41, 5.74) is 0.756. The van der Waals surface area contributed by atoms with Gasteiger partial charge in [0, 0.05) is 12.3 Å². The second-order valence-corrected chi connectivity index (χ2v) is 7.20. The molecule has 0 fully saturated rings. The second-order valence-electron chi connectivity index (χ2n) is 6.03. The van der Waals surface area contributed by atoms with Crippen molar-refractivity contribution < 1.29 is 19.4 Å². The molecule has 1 aliphatic heterocycles. The van der Waals surface area contributed by atoms with Crippen LogP contribution in [0.5, 0.6) is 0 Å². The molecular formula is C15H18IN2O4+. The van der Waals surface area contributed by atoms with E-state index in [0.29, 0.717) is 12.2 Å². The lowest BCUT2D eigenvalue weighted by Gasteiger charge is -2.24. The summed E-state index contributed by atoms with van der Waals surface area (Å²) in [6.07, 6.45) is 2.20. The van der Waals surface area contributed by atoms with E-state index in [9.17, 15) is 14.7 Å². The van der Waals surface area contributed by atoms with Crippen molar-refractivity contribution in [3.8, 4) is 0 Å². The number of amides is 1. The normalized spacial score (nSPS) is 20.3. The van der Waals surface area contributed by atoms with Gasteiger partial charge < -0.3 is 9.84 Å². The smallest absolute Gasteiger partial charge is 0.455 e. The minimum Gasteiger partial charge on any atom is -0.455 e. The summed E-state index contributed by atoms with van der Waals surface area (Å²) < 4.78 is 5.76. The fraction of sp³-hybridized carbons (Fsp3) is 0.400. The molecule has 0 spiro atoms. The van der Waals surface area contributed by atoms with E-state index in [1.165, 1.54) is 12.3 Å². The first-order valence-electron chi connectivity index (χ1n) is 6.84. The molecule has 1 aliphatic rings. The van der Waals surface area contributed by atoms with Crippen LogP contribution in [-0.4, -0.2) is 34.3 Å². The summed E-state index contributed by atoms with van der Waals surface area (Å²) in [6.45, 7) is 7.44. The van der Waals surface area contributed by atoms with Gasteiger partial charge in [0.05, 0.1) is 15.7 Å². The first-order chi connectivity index (χ1) is 10.1. The topological polar surface area (TPSA) is 76.5 Å². The number of carbonyl (C=O) groups excluding carboxylic acids is 1. The Morgan fingerprint density at radius 1 is 1.41 bits per heavy atom. The van der Waals surface area contributed by atoms with Crippen LogP contribution in [0.2, 0.25) is 0 Å². The van der Waals surface area contributed by atoms with Crippen LogP contribution in [0, 0.1) is 0 Å². The summed E-state index contributed by atoms with van der Waals surface area (Å²) in [4.78, 5) is 28.0. The van der Waals surface area contributed by atoms with Crippen LogP contribution in [0.3, 0.4) is 0 Å². The van der Waals surface area contributed by atoms with Crippen LogP contribution >= 0.6 is 22.6 Å². The van der Waals surface area contributed by atoms with E-state index in [4.69, 9.17) is 4.74 Å². The van der Waals surface area contributed by atoms with Gasteiger partial charge in [0.1, 0.15) is 11.8 Å². The van der Waals surface area contributed by atoms with Gasteiger partial charge in [0.25, 0.3) is 0 Å². The third kappa shape index (κ3) is 2.87. The lowest BCUT2D eigenvalue weighted by atomic mass is 10.2. The number of hydrogen-bond acceptors (Lipinski definition) is 4. The minimum atomic E-state index is -0.989. The van der Waals surface area contributed by atoms with Gasteiger partial charge in [-0.25, -0.2) is 9.78 Å². The maximum Gasteiger partial charge on any atom is 0.523 e. The largest absolute Gasteiger partial charge is 0.523 e. The molecule has 1 atom stereocenters. The number of carbonyl (C=O) groups is 2. The van der Waals surface area contributed by atoms with Crippen molar-refractivity contribution in [1.29, 1.82) is 0 Å². The molecule has 1 N–H and O–H groups in total. The number of esters is 1. The van der Waals surface area contributed by atoms with Crippen molar-refractivity contribution in [2.45, 2.75) is 33.3 Å². The number of rotatable bonds is 2. The Morgan fingerprint density at radius 3 is 2.55 bits per heavy atom. The van der Waals surface area contributed by atoms with Crippen molar-refractivity contribution in [1.82, 2.24) is 9.47 Å². The molecule has 118 valence electrons. The van der Waals surface area contributed by atoms with Crippen molar-refractivity contribution in [2.75, 3.05) is 6.54 Å². The number of hydrogen-bond donors (Lipinski definition) is 1. The Labute approximate surface area is 142 Å². The third-order valence-electron chi connectivity index (χ3n) is 3.35. The number of carboxylic acid groups (broad SMARTS) is 1. The van der Waals surface area contributed by atoms with Gasteiger partial charge in [-0.05, 0) is 50.3 Å². The van der Waals surface area contributed by atoms with E-state index in [2.05, 4.69) is 27.6 Å². The van der Waals surface area contributed by atoms with Crippen molar-refractivity contribution in [3.05, 3.63) is 29.7 Å². The van der Waals surface area contributed by atoms with Gasteiger partial charge in [-0.15, -0.1) is 0 Å². The molecule has 0 saturated heterocycles. The first kappa shape index (κ1) is 16.9. The molecule has 0 radical (unpaired) electrons. The number of quaternary nitrogens is 1. The quantitative estimate of drug-likeness (QED) is 0.450. The first-order valence-corrected chi connectivity index (χ1v) is 7.92. The summed E-state index contributed by atoms with van der Waals surface area (Å²) in [7, 11) is 0. The highest BCUT2D eigenvalue weighted by Gasteiger charge is 2.45. The van der Waals surface area contributed by atoms with E-state index in [1.807, 2.05) is 0 Å². The fourth-order valence-electron chi connectivity index (χ4n) is 2.29. The summed E-state index contributed by atoms with van der Waals surface area (Å²) in [6, 6.07) is 1.52. The Morgan fingerprint density at radius 2 is 2.05 bits per heavy atom. The van der Waals surface area contributed by atoms with E-state index in [1.54, 1.807) is 33.9 Å². The SMILES string of the molecule is CC[N+]1(C(=O)O)C=C(I)c2cnc(C(=O)OC(C)(C)C)cc21. The van der Waals surface area contributed by atoms with Gasteiger partial charge >= 0.3 is 12.1 Å². The van der Waals surface area contributed by atoms with Crippen molar-refractivity contribution in [2.24, 2.45) is 0 Å². The summed E-state index contributed by atoms with van der Waals surface area (Å²) in [5.74, 6) is -0.559. The minimum absolute atomic E-state index is 0.116.